The molecule has 24 heavy (non-hydrogen) atoms. The fourth-order valence-electron chi connectivity index (χ4n) is 2.40. The van der Waals surface area contributed by atoms with Crippen molar-refractivity contribution in [2.45, 2.75) is 19.9 Å². The van der Waals surface area contributed by atoms with E-state index in [1.54, 1.807) is 29.9 Å². The minimum atomic E-state index is 0.666. The van der Waals surface area contributed by atoms with Crippen LogP contribution in [0.15, 0.2) is 42.3 Å². The van der Waals surface area contributed by atoms with Gasteiger partial charge in [-0.25, -0.2) is 15.0 Å². The number of aryl methyl sites for hydroxylation is 3. The number of imidazole rings is 1. The van der Waals surface area contributed by atoms with Gasteiger partial charge >= 0.3 is 0 Å². The first-order valence-corrected chi connectivity index (χ1v) is 8.43. The molecule has 0 radical (unpaired) electrons. The zero-order valence-electron chi connectivity index (χ0n) is 13.0. The standard InChI is InChI=1S/C16H15N7S/c1-11-10-24-16(19-11)15-18-6-8-23(15)7-4-13-20-14(22-21-13)12-3-2-5-17-9-12/h2-3,5-6,8-10H,4,7H2,1H3,(H,20,21,22). The van der Waals surface area contributed by atoms with Crippen LogP contribution >= 0.6 is 11.3 Å². The Bertz CT molecular complexity index is 938. The number of aromatic nitrogens is 7. The van der Waals surface area contributed by atoms with E-state index in [4.69, 9.17) is 0 Å². The van der Waals surface area contributed by atoms with Crippen LogP contribution in [0.1, 0.15) is 11.5 Å². The van der Waals surface area contributed by atoms with Crippen molar-refractivity contribution in [3.8, 4) is 22.2 Å². The second kappa shape index (κ2) is 6.32. The van der Waals surface area contributed by atoms with E-state index in [2.05, 4.69) is 34.7 Å². The third kappa shape index (κ3) is 2.95. The highest BCUT2D eigenvalue weighted by Crippen LogP contribution is 2.22. The van der Waals surface area contributed by atoms with Gasteiger partial charge in [0.25, 0.3) is 0 Å². The van der Waals surface area contributed by atoms with Crippen molar-refractivity contribution >= 4 is 11.3 Å². The summed E-state index contributed by atoms with van der Waals surface area (Å²) < 4.78 is 2.09. The third-order valence-corrected chi connectivity index (χ3v) is 4.52. The van der Waals surface area contributed by atoms with Crippen molar-refractivity contribution in [1.82, 2.24) is 34.7 Å². The molecular weight excluding hydrogens is 322 g/mol. The lowest BCUT2D eigenvalue weighted by molar-refractivity contribution is 0.679. The molecule has 0 fully saturated rings. The third-order valence-electron chi connectivity index (χ3n) is 3.57. The molecule has 0 spiro atoms. The Morgan fingerprint density at radius 3 is 3.00 bits per heavy atom. The number of hydrogen-bond donors (Lipinski definition) is 1. The molecule has 8 heteroatoms. The van der Waals surface area contributed by atoms with Crippen LogP contribution in [0.2, 0.25) is 0 Å². The number of aromatic amines is 1. The average Bonchev–Trinajstić information content (AvgIpc) is 3.34. The predicted molar refractivity (Wildman–Crippen MR) is 91.4 cm³/mol. The molecule has 1 N–H and O–H groups in total. The highest BCUT2D eigenvalue weighted by Gasteiger charge is 2.11. The molecule has 0 aliphatic rings. The first kappa shape index (κ1) is 14.7. The Kier molecular flexibility index (Phi) is 3.87. The Morgan fingerprint density at radius 1 is 1.25 bits per heavy atom. The molecule has 4 heterocycles. The second-order valence-electron chi connectivity index (χ2n) is 5.34. The lowest BCUT2D eigenvalue weighted by atomic mass is 10.3. The normalized spacial score (nSPS) is 11.0. The van der Waals surface area contributed by atoms with Gasteiger partial charge in [0.2, 0.25) is 0 Å². The highest BCUT2D eigenvalue weighted by molar-refractivity contribution is 7.13. The Balaban J connectivity index is 1.49. The van der Waals surface area contributed by atoms with Gasteiger partial charge in [0.1, 0.15) is 5.82 Å². The number of thiazole rings is 1. The van der Waals surface area contributed by atoms with Gasteiger partial charge in [-0.3, -0.25) is 10.1 Å². The van der Waals surface area contributed by atoms with Crippen LogP contribution < -0.4 is 0 Å². The van der Waals surface area contributed by atoms with E-state index < -0.39 is 0 Å². The number of pyridine rings is 1. The molecule has 0 amide bonds. The summed E-state index contributed by atoms with van der Waals surface area (Å²) in [6, 6.07) is 3.82. The molecular formula is C16H15N7S. The largest absolute Gasteiger partial charge is 0.329 e. The molecule has 0 unspecified atom stereocenters. The van der Waals surface area contributed by atoms with E-state index in [1.807, 2.05) is 30.6 Å². The van der Waals surface area contributed by atoms with Crippen LogP contribution in [0, 0.1) is 6.92 Å². The SMILES string of the molecule is Cc1csc(-c2nccn2CCc2nc(-c3cccnc3)n[nH]2)n1. The zero-order chi connectivity index (χ0) is 16.4. The molecule has 0 saturated carbocycles. The summed E-state index contributed by atoms with van der Waals surface area (Å²) in [5.41, 5.74) is 1.92. The molecule has 0 atom stereocenters. The summed E-state index contributed by atoms with van der Waals surface area (Å²) in [5, 5.41) is 10.2. The van der Waals surface area contributed by atoms with Gasteiger partial charge in [0.15, 0.2) is 16.7 Å². The summed E-state index contributed by atoms with van der Waals surface area (Å²) in [6.07, 6.45) is 7.99. The summed E-state index contributed by atoms with van der Waals surface area (Å²) >= 11 is 1.61. The van der Waals surface area contributed by atoms with Crippen molar-refractivity contribution in [2.24, 2.45) is 0 Å². The van der Waals surface area contributed by atoms with Crippen molar-refractivity contribution < 1.29 is 0 Å². The molecule has 0 aliphatic carbocycles. The lowest BCUT2D eigenvalue weighted by Gasteiger charge is -2.04. The van der Waals surface area contributed by atoms with E-state index in [-0.39, 0.29) is 0 Å². The van der Waals surface area contributed by atoms with Gasteiger partial charge in [0.05, 0.1) is 0 Å². The lowest BCUT2D eigenvalue weighted by Crippen LogP contribution is -2.03. The average molecular weight is 337 g/mol. The molecule has 0 bridgehead atoms. The minimum absolute atomic E-state index is 0.666. The number of nitrogens with zero attached hydrogens (tertiary/aromatic N) is 6. The fraction of sp³-hybridized carbons (Fsp3) is 0.188. The first-order chi connectivity index (χ1) is 11.8. The zero-order valence-corrected chi connectivity index (χ0v) is 13.9. The van der Waals surface area contributed by atoms with Crippen LogP contribution in [0.25, 0.3) is 22.2 Å². The van der Waals surface area contributed by atoms with E-state index >= 15 is 0 Å². The predicted octanol–water partition coefficient (Wildman–Crippen LogP) is 2.74. The van der Waals surface area contributed by atoms with Crippen LogP contribution in [-0.4, -0.2) is 34.7 Å². The van der Waals surface area contributed by atoms with Crippen LogP contribution in [0.5, 0.6) is 0 Å². The monoisotopic (exact) mass is 337 g/mol. The molecule has 0 aromatic carbocycles. The topological polar surface area (TPSA) is 85.2 Å². The molecule has 4 rings (SSSR count). The van der Waals surface area contributed by atoms with E-state index in [0.29, 0.717) is 5.82 Å². The maximum Gasteiger partial charge on any atom is 0.182 e. The Morgan fingerprint density at radius 2 is 2.21 bits per heavy atom. The quantitative estimate of drug-likeness (QED) is 0.605. The summed E-state index contributed by atoms with van der Waals surface area (Å²) in [4.78, 5) is 17.6. The number of H-pyrrole nitrogens is 1. The Labute approximate surface area is 142 Å². The van der Waals surface area contributed by atoms with Gasteiger partial charge in [0, 0.05) is 54.4 Å². The molecule has 7 nitrogen and oxygen atoms in total. The highest BCUT2D eigenvalue weighted by atomic mass is 32.1. The van der Waals surface area contributed by atoms with Gasteiger partial charge < -0.3 is 4.57 Å². The second-order valence-corrected chi connectivity index (χ2v) is 6.19. The van der Waals surface area contributed by atoms with Crippen molar-refractivity contribution in [1.29, 1.82) is 0 Å². The maximum absolute atomic E-state index is 4.53. The smallest absolute Gasteiger partial charge is 0.182 e. The minimum Gasteiger partial charge on any atom is -0.329 e. The van der Waals surface area contributed by atoms with E-state index in [9.17, 15) is 0 Å². The Hall–Kier alpha value is -2.87. The van der Waals surface area contributed by atoms with Crippen molar-refractivity contribution in [3.63, 3.8) is 0 Å². The summed E-state index contributed by atoms with van der Waals surface area (Å²) in [6.45, 7) is 2.75. The van der Waals surface area contributed by atoms with Gasteiger partial charge in [-0.15, -0.1) is 11.3 Å². The van der Waals surface area contributed by atoms with Gasteiger partial charge in [-0.1, -0.05) is 0 Å². The molecule has 0 aliphatic heterocycles. The number of rotatable bonds is 5. The molecule has 0 saturated heterocycles. The van der Waals surface area contributed by atoms with Crippen LogP contribution in [0.3, 0.4) is 0 Å². The van der Waals surface area contributed by atoms with Crippen LogP contribution in [0.4, 0.5) is 0 Å². The van der Waals surface area contributed by atoms with E-state index in [1.165, 1.54) is 0 Å². The van der Waals surface area contributed by atoms with Crippen molar-refractivity contribution in [2.75, 3.05) is 0 Å². The number of nitrogens with one attached hydrogen (secondary N) is 1. The summed E-state index contributed by atoms with van der Waals surface area (Å²) in [7, 11) is 0. The molecule has 4 aromatic heterocycles. The summed E-state index contributed by atoms with van der Waals surface area (Å²) in [5.74, 6) is 2.39. The first-order valence-electron chi connectivity index (χ1n) is 7.55. The van der Waals surface area contributed by atoms with E-state index in [0.717, 1.165) is 40.9 Å². The van der Waals surface area contributed by atoms with Crippen molar-refractivity contribution in [3.05, 3.63) is 53.8 Å². The maximum atomic E-state index is 4.53. The fourth-order valence-corrected chi connectivity index (χ4v) is 3.21. The van der Waals surface area contributed by atoms with Crippen LogP contribution in [-0.2, 0) is 13.0 Å². The molecule has 120 valence electrons. The van der Waals surface area contributed by atoms with Gasteiger partial charge in [-0.2, -0.15) is 5.10 Å². The number of hydrogen-bond acceptors (Lipinski definition) is 6. The van der Waals surface area contributed by atoms with Gasteiger partial charge in [-0.05, 0) is 19.1 Å². The molecule has 4 aromatic rings.